The third kappa shape index (κ3) is 5.96. The molecule has 108 valence electrons. The van der Waals surface area contributed by atoms with Crippen LogP contribution in [-0.2, 0) is 6.54 Å². The van der Waals surface area contributed by atoms with E-state index in [9.17, 15) is 0 Å². The molecule has 0 heterocycles. The molecule has 0 aliphatic carbocycles. The minimum atomic E-state index is 0.512. The van der Waals surface area contributed by atoms with E-state index in [0.717, 1.165) is 23.5 Å². The van der Waals surface area contributed by atoms with Gasteiger partial charge in [0.1, 0.15) is 0 Å². The van der Waals surface area contributed by atoms with Gasteiger partial charge in [0.25, 0.3) is 0 Å². The van der Waals surface area contributed by atoms with Crippen LogP contribution in [0.2, 0.25) is 0 Å². The number of hydrogen-bond acceptors (Lipinski definition) is 2. The summed E-state index contributed by atoms with van der Waals surface area (Å²) in [5, 5.41) is 3.50. The topological polar surface area (TPSA) is 15.3 Å². The molecule has 0 spiro atoms. The van der Waals surface area contributed by atoms with Crippen molar-refractivity contribution in [3.05, 3.63) is 28.2 Å². The highest BCUT2D eigenvalue weighted by molar-refractivity contribution is 9.10. The Hall–Kier alpha value is -0.540. The quantitative estimate of drug-likeness (QED) is 0.797. The smallest absolute Gasteiger partial charge is 0.0420 e. The summed E-state index contributed by atoms with van der Waals surface area (Å²) in [5.41, 5.74) is 2.69. The van der Waals surface area contributed by atoms with Gasteiger partial charge in [0.05, 0.1) is 0 Å². The van der Waals surface area contributed by atoms with Gasteiger partial charge >= 0.3 is 0 Å². The van der Waals surface area contributed by atoms with E-state index in [2.05, 4.69) is 79.1 Å². The fourth-order valence-corrected chi connectivity index (χ4v) is 2.28. The second-order valence-corrected chi connectivity index (χ2v) is 6.83. The van der Waals surface area contributed by atoms with Crippen LogP contribution in [0.1, 0.15) is 39.7 Å². The Bertz CT molecular complexity index is 388. The van der Waals surface area contributed by atoms with Gasteiger partial charge in [-0.15, -0.1) is 0 Å². The number of nitrogens with zero attached hydrogens (tertiary/aromatic N) is 1. The van der Waals surface area contributed by atoms with Crippen molar-refractivity contribution in [2.24, 2.45) is 5.92 Å². The van der Waals surface area contributed by atoms with E-state index < -0.39 is 0 Å². The van der Waals surface area contributed by atoms with Gasteiger partial charge in [-0.3, -0.25) is 0 Å². The van der Waals surface area contributed by atoms with E-state index >= 15 is 0 Å². The van der Waals surface area contributed by atoms with Crippen LogP contribution in [0.25, 0.3) is 0 Å². The van der Waals surface area contributed by atoms with Crippen LogP contribution < -0.4 is 10.2 Å². The van der Waals surface area contributed by atoms with Crippen molar-refractivity contribution in [2.45, 2.75) is 46.7 Å². The Morgan fingerprint density at radius 3 is 2.47 bits per heavy atom. The number of hydrogen-bond donors (Lipinski definition) is 1. The van der Waals surface area contributed by atoms with Gasteiger partial charge in [-0.1, -0.05) is 49.7 Å². The number of anilines is 1. The lowest BCUT2D eigenvalue weighted by atomic mass is 10.1. The molecule has 1 aromatic rings. The molecule has 0 amide bonds. The van der Waals surface area contributed by atoms with Crippen LogP contribution >= 0.6 is 15.9 Å². The van der Waals surface area contributed by atoms with Gasteiger partial charge in [0.2, 0.25) is 0 Å². The zero-order valence-electron chi connectivity index (χ0n) is 12.8. The molecule has 0 aliphatic heterocycles. The van der Waals surface area contributed by atoms with Gasteiger partial charge in [-0.05, 0) is 30.0 Å². The van der Waals surface area contributed by atoms with Gasteiger partial charge in [0, 0.05) is 36.3 Å². The Labute approximate surface area is 126 Å². The van der Waals surface area contributed by atoms with Gasteiger partial charge in [-0.25, -0.2) is 0 Å². The Balaban J connectivity index is 2.80. The first-order valence-corrected chi connectivity index (χ1v) is 7.92. The van der Waals surface area contributed by atoms with Crippen LogP contribution in [0.15, 0.2) is 22.7 Å². The average molecular weight is 327 g/mol. The molecule has 19 heavy (non-hydrogen) atoms. The lowest BCUT2D eigenvalue weighted by Gasteiger charge is -2.24. The zero-order chi connectivity index (χ0) is 14.4. The summed E-state index contributed by atoms with van der Waals surface area (Å²) >= 11 is 3.58. The Kier molecular flexibility index (Phi) is 6.87. The van der Waals surface area contributed by atoms with Crippen LogP contribution in [0, 0.1) is 5.92 Å². The Morgan fingerprint density at radius 2 is 1.89 bits per heavy atom. The third-order valence-corrected chi connectivity index (χ3v) is 3.69. The predicted molar refractivity (Wildman–Crippen MR) is 88.8 cm³/mol. The summed E-state index contributed by atoms with van der Waals surface area (Å²) in [6.45, 7) is 10.9. The minimum Gasteiger partial charge on any atom is -0.374 e. The predicted octanol–water partition coefficient (Wildman–Crippen LogP) is 4.43. The number of halogens is 1. The fraction of sp³-hybridized carbons (Fsp3) is 0.625. The van der Waals surface area contributed by atoms with Gasteiger partial charge in [0.15, 0.2) is 0 Å². The average Bonchev–Trinajstić information content (AvgIpc) is 2.34. The standard InChI is InChI=1S/C16H27BrN2/c1-12(2)8-9-19(5)16-10-15(17)7-6-14(16)11-18-13(3)4/h6-7,10,12-13,18H,8-9,11H2,1-5H3. The maximum absolute atomic E-state index is 3.58. The maximum Gasteiger partial charge on any atom is 0.0420 e. The normalized spacial score (nSPS) is 11.4. The third-order valence-electron chi connectivity index (χ3n) is 3.20. The van der Waals surface area contributed by atoms with Crippen molar-refractivity contribution in [1.82, 2.24) is 5.32 Å². The first kappa shape index (κ1) is 16.5. The highest BCUT2D eigenvalue weighted by Crippen LogP contribution is 2.25. The SMILES string of the molecule is CC(C)CCN(C)c1cc(Br)ccc1CNC(C)C. The summed E-state index contributed by atoms with van der Waals surface area (Å²) < 4.78 is 1.15. The molecule has 0 unspecified atom stereocenters. The van der Waals surface area contributed by atoms with Crippen molar-refractivity contribution < 1.29 is 0 Å². The zero-order valence-corrected chi connectivity index (χ0v) is 14.4. The molecule has 0 bridgehead atoms. The minimum absolute atomic E-state index is 0.512. The van der Waals surface area contributed by atoms with E-state index in [1.807, 2.05) is 0 Å². The molecule has 0 saturated heterocycles. The van der Waals surface area contributed by atoms with Crippen molar-refractivity contribution in [2.75, 3.05) is 18.5 Å². The highest BCUT2D eigenvalue weighted by atomic mass is 79.9. The van der Waals surface area contributed by atoms with Crippen LogP contribution in [0.5, 0.6) is 0 Å². The first-order valence-electron chi connectivity index (χ1n) is 7.13. The number of benzene rings is 1. The second kappa shape index (κ2) is 7.91. The lowest BCUT2D eigenvalue weighted by molar-refractivity contribution is 0.577. The molecule has 0 atom stereocenters. The maximum atomic E-state index is 3.58. The largest absolute Gasteiger partial charge is 0.374 e. The summed E-state index contributed by atoms with van der Waals surface area (Å²) in [4.78, 5) is 2.36. The summed E-state index contributed by atoms with van der Waals surface area (Å²) in [6, 6.07) is 7.06. The number of rotatable bonds is 7. The molecule has 0 radical (unpaired) electrons. The first-order chi connectivity index (χ1) is 8.90. The molecule has 0 saturated carbocycles. The van der Waals surface area contributed by atoms with E-state index in [-0.39, 0.29) is 0 Å². The molecule has 0 aliphatic rings. The molecule has 1 rings (SSSR count). The fourth-order valence-electron chi connectivity index (χ4n) is 1.93. The molecule has 0 fully saturated rings. The van der Waals surface area contributed by atoms with Crippen molar-refractivity contribution >= 4 is 21.6 Å². The van der Waals surface area contributed by atoms with Gasteiger partial charge < -0.3 is 10.2 Å². The summed E-state index contributed by atoms with van der Waals surface area (Å²) in [7, 11) is 2.18. The second-order valence-electron chi connectivity index (χ2n) is 5.91. The van der Waals surface area contributed by atoms with E-state index in [0.29, 0.717) is 6.04 Å². The highest BCUT2D eigenvalue weighted by Gasteiger charge is 2.09. The molecule has 0 aromatic heterocycles. The molecular formula is C16H27BrN2. The molecule has 2 nitrogen and oxygen atoms in total. The molecule has 1 N–H and O–H groups in total. The lowest BCUT2D eigenvalue weighted by Crippen LogP contribution is -2.25. The van der Waals surface area contributed by atoms with Gasteiger partial charge in [-0.2, -0.15) is 0 Å². The molecular weight excluding hydrogens is 300 g/mol. The summed E-state index contributed by atoms with van der Waals surface area (Å²) in [5.74, 6) is 0.742. The van der Waals surface area contributed by atoms with Crippen LogP contribution in [-0.4, -0.2) is 19.6 Å². The van der Waals surface area contributed by atoms with Crippen LogP contribution in [0.3, 0.4) is 0 Å². The van der Waals surface area contributed by atoms with E-state index in [4.69, 9.17) is 0 Å². The molecule has 3 heteroatoms. The van der Waals surface area contributed by atoms with Crippen molar-refractivity contribution in [3.8, 4) is 0 Å². The van der Waals surface area contributed by atoms with E-state index in [1.54, 1.807) is 0 Å². The molecule has 1 aromatic carbocycles. The monoisotopic (exact) mass is 326 g/mol. The van der Waals surface area contributed by atoms with E-state index in [1.165, 1.54) is 17.7 Å². The number of nitrogens with one attached hydrogen (secondary N) is 1. The summed E-state index contributed by atoms with van der Waals surface area (Å²) in [6.07, 6.45) is 1.22. The van der Waals surface area contributed by atoms with Crippen molar-refractivity contribution in [1.29, 1.82) is 0 Å². The van der Waals surface area contributed by atoms with Crippen LogP contribution in [0.4, 0.5) is 5.69 Å². The van der Waals surface area contributed by atoms with Crippen molar-refractivity contribution in [3.63, 3.8) is 0 Å². The Morgan fingerprint density at radius 1 is 1.21 bits per heavy atom.